The first kappa shape index (κ1) is 19.3. The number of rotatable bonds is 5. The molecule has 1 amide bonds. The van der Waals surface area contributed by atoms with Gasteiger partial charge in [-0.05, 0) is 54.7 Å². The van der Waals surface area contributed by atoms with Crippen molar-refractivity contribution in [1.82, 2.24) is 0 Å². The van der Waals surface area contributed by atoms with Crippen LogP contribution in [0.3, 0.4) is 0 Å². The number of carboxylic acid groups (broad SMARTS) is 1. The fraction of sp³-hybridized carbons (Fsp3) is 0.318. The van der Waals surface area contributed by atoms with Crippen molar-refractivity contribution in [3.8, 4) is 0 Å². The SMILES string of the molecule is NC(CC=O)(C(=O)O)C1c2ccccc2N(C(=O)c2ccc(F)cc2)C2CCC21. The highest BCUT2D eigenvalue weighted by molar-refractivity contribution is 6.07. The molecule has 4 rings (SSSR count). The van der Waals surface area contributed by atoms with Crippen LogP contribution in [0.2, 0.25) is 0 Å². The maximum Gasteiger partial charge on any atom is 0.324 e. The summed E-state index contributed by atoms with van der Waals surface area (Å²) in [4.78, 5) is 38.3. The number of anilines is 1. The Morgan fingerprint density at radius 3 is 2.45 bits per heavy atom. The summed E-state index contributed by atoms with van der Waals surface area (Å²) < 4.78 is 13.3. The molecule has 2 aliphatic rings. The number of hydrogen-bond acceptors (Lipinski definition) is 4. The lowest BCUT2D eigenvalue weighted by molar-refractivity contribution is -0.147. The van der Waals surface area contributed by atoms with E-state index < -0.39 is 23.2 Å². The summed E-state index contributed by atoms with van der Waals surface area (Å²) in [6.45, 7) is 0. The molecule has 2 aromatic carbocycles. The van der Waals surface area contributed by atoms with Gasteiger partial charge in [-0.2, -0.15) is 0 Å². The van der Waals surface area contributed by atoms with Gasteiger partial charge in [0.25, 0.3) is 5.91 Å². The van der Waals surface area contributed by atoms with E-state index in [4.69, 9.17) is 5.73 Å². The summed E-state index contributed by atoms with van der Waals surface area (Å²) in [7, 11) is 0. The van der Waals surface area contributed by atoms with E-state index in [0.717, 1.165) is 0 Å². The summed E-state index contributed by atoms with van der Waals surface area (Å²) in [6, 6.07) is 12.2. The lowest BCUT2D eigenvalue weighted by atomic mass is 9.58. The third-order valence-electron chi connectivity index (χ3n) is 6.27. The first-order valence-corrected chi connectivity index (χ1v) is 9.52. The first-order valence-electron chi connectivity index (χ1n) is 9.52. The van der Waals surface area contributed by atoms with E-state index in [1.165, 1.54) is 24.3 Å². The van der Waals surface area contributed by atoms with E-state index in [9.17, 15) is 23.9 Å². The number of nitrogens with two attached hydrogens (primary N) is 1. The lowest BCUT2D eigenvalue weighted by Gasteiger charge is -2.55. The second kappa shape index (κ2) is 7.08. The summed E-state index contributed by atoms with van der Waals surface area (Å²) >= 11 is 0. The number of para-hydroxylation sites is 1. The zero-order valence-electron chi connectivity index (χ0n) is 15.6. The lowest BCUT2D eigenvalue weighted by Crippen LogP contribution is -2.64. The fourth-order valence-electron chi connectivity index (χ4n) is 4.73. The maximum absolute atomic E-state index is 13.3. The van der Waals surface area contributed by atoms with Crippen LogP contribution in [0.5, 0.6) is 0 Å². The van der Waals surface area contributed by atoms with Crippen molar-refractivity contribution in [1.29, 1.82) is 0 Å². The van der Waals surface area contributed by atoms with Gasteiger partial charge in [-0.3, -0.25) is 9.59 Å². The van der Waals surface area contributed by atoms with E-state index in [-0.39, 0.29) is 24.3 Å². The Morgan fingerprint density at radius 2 is 1.86 bits per heavy atom. The molecule has 1 saturated carbocycles. The number of fused-ring (bicyclic) bond motifs is 2. The summed E-state index contributed by atoms with van der Waals surface area (Å²) in [5.74, 6) is -2.68. The van der Waals surface area contributed by atoms with E-state index in [1.54, 1.807) is 29.2 Å². The van der Waals surface area contributed by atoms with Crippen LogP contribution in [0.4, 0.5) is 10.1 Å². The zero-order valence-corrected chi connectivity index (χ0v) is 15.6. The largest absolute Gasteiger partial charge is 0.480 e. The van der Waals surface area contributed by atoms with Gasteiger partial charge in [0.05, 0.1) is 0 Å². The smallest absolute Gasteiger partial charge is 0.324 e. The number of benzene rings is 2. The number of halogens is 1. The van der Waals surface area contributed by atoms with Gasteiger partial charge in [0.2, 0.25) is 0 Å². The van der Waals surface area contributed by atoms with Gasteiger partial charge in [-0.15, -0.1) is 0 Å². The number of hydrogen-bond donors (Lipinski definition) is 2. The van der Waals surface area contributed by atoms with Gasteiger partial charge in [-0.1, -0.05) is 18.2 Å². The van der Waals surface area contributed by atoms with Crippen molar-refractivity contribution in [2.24, 2.45) is 11.7 Å². The molecule has 1 heterocycles. The molecule has 4 atom stereocenters. The highest BCUT2D eigenvalue weighted by atomic mass is 19.1. The number of aliphatic carboxylic acids is 1. The van der Waals surface area contributed by atoms with Crippen molar-refractivity contribution in [3.05, 3.63) is 65.5 Å². The quantitative estimate of drug-likeness (QED) is 0.757. The van der Waals surface area contributed by atoms with Crippen LogP contribution in [-0.2, 0) is 9.59 Å². The Kier molecular flexibility index (Phi) is 4.70. The van der Waals surface area contributed by atoms with E-state index in [2.05, 4.69) is 0 Å². The molecule has 6 nitrogen and oxygen atoms in total. The van der Waals surface area contributed by atoms with Gasteiger partial charge in [-0.25, -0.2) is 4.39 Å². The van der Waals surface area contributed by atoms with E-state index in [0.29, 0.717) is 35.9 Å². The number of aldehydes is 1. The number of carbonyl (C=O) groups excluding carboxylic acids is 2. The Bertz CT molecular complexity index is 977. The molecule has 3 N–H and O–H groups in total. The van der Waals surface area contributed by atoms with Crippen molar-refractivity contribution >= 4 is 23.9 Å². The van der Waals surface area contributed by atoms with Gasteiger partial charge < -0.3 is 20.5 Å². The highest BCUT2D eigenvalue weighted by Gasteiger charge is 2.57. The number of nitrogens with zero attached hydrogens (tertiary/aromatic N) is 1. The molecule has 7 heteroatoms. The second-order valence-corrected chi connectivity index (χ2v) is 7.74. The minimum absolute atomic E-state index is 0.171. The predicted octanol–water partition coefficient (Wildman–Crippen LogP) is 2.72. The predicted molar refractivity (Wildman–Crippen MR) is 104 cm³/mol. The molecule has 0 bridgehead atoms. The number of carbonyl (C=O) groups is 3. The molecular formula is C22H21FN2O4. The van der Waals surface area contributed by atoms with Crippen LogP contribution in [-0.4, -0.2) is 34.8 Å². The summed E-state index contributed by atoms with van der Waals surface area (Å²) in [5, 5.41) is 9.85. The molecule has 150 valence electrons. The Morgan fingerprint density at radius 1 is 1.17 bits per heavy atom. The molecule has 2 aromatic rings. The average Bonchev–Trinajstić information content (AvgIpc) is 2.68. The third-order valence-corrected chi connectivity index (χ3v) is 6.27. The molecular weight excluding hydrogens is 375 g/mol. The minimum atomic E-state index is -1.74. The van der Waals surface area contributed by atoms with Crippen LogP contribution in [0.1, 0.15) is 41.1 Å². The van der Waals surface area contributed by atoms with E-state index >= 15 is 0 Å². The van der Waals surface area contributed by atoms with Crippen molar-refractivity contribution < 1.29 is 23.9 Å². The maximum atomic E-state index is 13.3. The summed E-state index contributed by atoms with van der Waals surface area (Å²) in [6.07, 6.45) is 1.65. The van der Waals surface area contributed by atoms with Crippen LogP contribution >= 0.6 is 0 Å². The normalized spacial score (nSPS) is 24.5. The Labute approximate surface area is 167 Å². The van der Waals surface area contributed by atoms with Crippen LogP contribution in [0.15, 0.2) is 48.5 Å². The van der Waals surface area contributed by atoms with Gasteiger partial charge in [0.1, 0.15) is 17.6 Å². The molecule has 4 unspecified atom stereocenters. The van der Waals surface area contributed by atoms with Crippen molar-refractivity contribution in [2.45, 2.75) is 36.8 Å². The molecule has 0 saturated heterocycles. The fourth-order valence-corrected chi connectivity index (χ4v) is 4.73. The molecule has 29 heavy (non-hydrogen) atoms. The third kappa shape index (κ3) is 2.93. The van der Waals surface area contributed by atoms with Crippen molar-refractivity contribution in [3.63, 3.8) is 0 Å². The van der Waals surface area contributed by atoms with Crippen LogP contribution < -0.4 is 10.6 Å². The van der Waals surface area contributed by atoms with Crippen LogP contribution in [0, 0.1) is 11.7 Å². The molecule has 1 fully saturated rings. The topological polar surface area (TPSA) is 101 Å². The van der Waals surface area contributed by atoms with Crippen molar-refractivity contribution in [2.75, 3.05) is 4.90 Å². The summed E-state index contributed by atoms with van der Waals surface area (Å²) in [5.41, 5.74) is 6.16. The number of carboxylic acids is 1. The van der Waals surface area contributed by atoms with Crippen LogP contribution in [0.25, 0.3) is 0 Å². The second-order valence-electron chi connectivity index (χ2n) is 7.74. The van der Waals surface area contributed by atoms with Gasteiger partial charge in [0.15, 0.2) is 0 Å². The van der Waals surface area contributed by atoms with Gasteiger partial charge >= 0.3 is 5.97 Å². The first-order chi connectivity index (χ1) is 13.9. The average molecular weight is 396 g/mol. The standard InChI is InChI=1S/C22H21FN2O4/c23-14-7-5-13(6-8-14)20(27)25-17-4-2-1-3-15(17)19(16-9-10-18(16)25)22(24,11-12-26)21(28)29/h1-8,12,16,18-19H,9-11,24H2,(H,28,29). The zero-order chi connectivity index (χ0) is 20.8. The molecule has 0 aromatic heterocycles. The minimum Gasteiger partial charge on any atom is -0.480 e. The van der Waals surface area contributed by atoms with Gasteiger partial charge in [0, 0.05) is 29.6 Å². The molecule has 0 radical (unpaired) electrons. The number of amides is 1. The Balaban J connectivity index is 1.83. The van der Waals surface area contributed by atoms with E-state index in [1.807, 2.05) is 0 Å². The molecule has 1 aliphatic carbocycles. The Hall–Kier alpha value is -3.06. The highest BCUT2D eigenvalue weighted by Crippen LogP contribution is 2.54. The molecule has 0 spiro atoms. The monoisotopic (exact) mass is 396 g/mol. The molecule has 1 aliphatic heterocycles.